The minimum Gasteiger partial charge on any atom is -0.497 e. The molecule has 2 aromatic rings. The minimum atomic E-state index is -1.31. The maximum Gasteiger partial charge on any atom is 0.243 e. The Morgan fingerprint density at radius 3 is 2.00 bits per heavy atom. The lowest BCUT2D eigenvalue weighted by atomic mass is 10.0. The number of hydrogen-bond acceptors (Lipinski definition) is 4. The lowest BCUT2D eigenvalue weighted by Crippen LogP contribution is -2.31. The normalized spacial score (nSPS) is 13.9. The first kappa shape index (κ1) is 14.0. The van der Waals surface area contributed by atoms with Crippen molar-refractivity contribution in [2.75, 3.05) is 12.4 Å². The van der Waals surface area contributed by atoms with Crippen molar-refractivity contribution in [1.29, 1.82) is 0 Å². The molecule has 0 aliphatic heterocycles. The molecule has 0 heterocycles. The van der Waals surface area contributed by atoms with E-state index in [-0.39, 0.29) is 0 Å². The standard InChI is InChI=1S/C17H13NO4/c1-22-11-8-6-10(7-9-11)18-17(21)14-15(19)12-4-2-3-5-13(12)16(14)20/h2-9,14H,1H3,(H,18,21). The number of methoxy groups -OCH3 is 1. The maximum absolute atomic E-state index is 12.3. The number of fused-ring (bicyclic) bond motifs is 1. The summed E-state index contributed by atoms with van der Waals surface area (Å²) in [6.45, 7) is 0. The lowest BCUT2D eigenvalue weighted by molar-refractivity contribution is -0.117. The van der Waals surface area contributed by atoms with Gasteiger partial charge in [0, 0.05) is 16.8 Å². The third-order valence-corrected chi connectivity index (χ3v) is 3.60. The van der Waals surface area contributed by atoms with E-state index in [0.29, 0.717) is 22.6 Å². The number of anilines is 1. The Bertz CT molecular complexity index is 729. The molecule has 0 bridgehead atoms. The molecule has 3 rings (SSSR count). The average Bonchev–Trinajstić information content (AvgIpc) is 2.80. The summed E-state index contributed by atoms with van der Waals surface area (Å²) in [4.78, 5) is 36.7. The van der Waals surface area contributed by atoms with Crippen LogP contribution in [0.5, 0.6) is 5.75 Å². The van der Waals surface area contributed by atoms with Crippen LogP contribution < -0.4 is 10.1 Å². The number of Topliss-reactive ketones (excluding diaryl/α,β-unsaturated/α-hetero) is 2. The third kappa shape index (κ3) is 2.26. The Morgan fingerprint density at radius 1 is 0.955 bits per heavy atom. The van der Waals surface area contributed by atoms with Crippen LogP contribution in [0.4, 0.5) is 5.69 Å². The van der Waals surface area contributed by atoms with E-state index in [4.69, 9.17) is 4.74 Å². The van der Waals surface area contributed by atoms with Gasteiger partial charge in [-0.05, 0) is 24.3 Å². The van der Waals surface area contributed by atoms with Crippen LogP contribution in [-0.2, 0) is 4.79 Å². The summed E-state index contributed by atoms with van der Waals surface area (Å²) in [5, 5.41) is 2.59. The fourth-order valence-electron chi connectivity index (χ4n) is 2.47. The quantitative estimate of drug-likeness (QED) is 0.882. The molecular formula is C17H13NO4. The number of amides is 1. The predicted octanol–water partition coefficient (Wildman–Crippen LogP) is 2.33. The van der Waals surface area contributed by atoms with Crippen LogP contribution in [0.15, 0.2) is 48.5 Å². The van der Waals surface area contributed by atoms with Crippen LogP contribution in [-0.4, -0.2) is 24.6 Å². The van der Waals surface area contributed by atoms with Crippen molar-refractivity contribution in [2.45, 2.75) is 0 Å². The van der Waals surface area contributed by atoms with E-state index in [1.165, 1.54) is 0 Å². The van der Waals surface area contributed by atoms with Crippen molar-refractivity contribution in [3.63, 3.8) is 0 Å². The molecule has 0 spiro atoms. The summed E-state index contributed by atoms with van der Waals surface area (Å²) in [6, 6.07) is 13.1. The fourth-order valence-corrected chi connectivity index (χ4v) is 2.47. The van der Waals surface area contributed by atoms with E-state index in [1.54, 1.807) is 55.6 Å². The smallest absolute Gasteiger partial charge is 0.243 e. The van der Waals surface area contributed by atoms with E-state index >= 15 is 0 Å². The first-order valence-corrected chi connectivity index (χ1v) is 6.74. The van der Waals surface area contributed by atoms with Gasteiger partial charge in [0.05, 0.1) is 7.11 Å². The molecule has 5 nitrogen and oxygen atoms in total. The number of nitrogens with one attached hydrogen (secondary N) is 1. The summed E-state index contributed by atoms with van der Waals surface area (Å²) in [6.07, 6.45) is 0. The van der Waals surface area contributed by atoms with Gasteiger partial charge in [-0.25, -0.2) is 0 Å². The second-order valence-electron chi connectivity index (χ2n) is 4.92. The Kier molecular flexibility index (Phi) is 3.47. The Balaban J connectivity index is 1.81. The van der Waals surface area contributed by atoms with Crippen LogP contribution >= 0.6 is 0 Å². The Labute approximate surface area is 126 Å². The molecule has 1 N–H and O–H groups in total. The summed E-state index contributed by atoms with van der Waals surface area (Å²) in [5.74, 6) is -2.17. The second-order valence-corrected chi connectivity index (χ2v) is 4.92. The molecule has 0 saturated heterocycles. The molecule has 5 heteroatoms. The molecular weight excluding hydrogens is 282 g/mol. The maximum atomic E-state index is 12.3. The molecule has 110 valence electrons. The van der Waals surface area contributed by atoms with Gasteiger partial charge in [0.15, 0.2) is 17.5 Å². The first-order chi connectivity index (χ1) is 10.6. The van der Waals surface area contributed by atoms with E-state index in [2.05, 4.69) is 5.32 Å². The van der Waals surface area contributed by atoms with Gasteiger partial charge in [0.1, 0.15) is 5.75 Å². The summed E-state index contributed by atoms with van der Waals surface area (Å²) in [7, 11) is 1.54. The molecule has 1 aliphatic carbocycles. The molecule has 0 radical (unpaired) electrons. The monoisotopic (exact) mass is 295 g/mol. The zero-order valence-electron chi connectivity index (χ0n) is 11.8. The van der Waals surface area contributed by atoms with Crippen molar-refractivity contribution in [1.82, 2.24) is 0 Å². The van der Waals surface area contributed by atoms with Crippen molar-refractivity contribution in [3.8, 4) is 5.75 Å². The first-order valence-electron chi connectivity index (χ1n) is 6.74. The number of ketones is 2. The number of rotatable bonds is 3. The molecule has 0 unspecified atom stereocenters. The molecule has 0 atom stereocenters. The topological polar surface area (TPSA) is 72.5 Å². The molecule has 0 fully saturated rings. The molecule has 0 aromatic heterocycles. The van der Waals surface area contributed by atoms with Gasteiger partial charge < -0.3 is 10.1 Å². The summed E-state index contributed by atoms with van der Waals surface area (Å²) >= 11 is 0. The van der Waals surface area contributed by atoms with Crippen LogP contribution in [0.25, 0.3) is 0 Å². The minimum absolute atomic E-state index is 0.308. The number of hydrogen-bond donors (Lipinski definition) is 1. The lowest BCUT2D eigenvalue weighted by Gasteiger charge is -2.09. The molecule has 1 aliphatic rings. The van der Waals surface area contributed by atoms with Crippen LogP contribution in [0, 0.1) is 5.92 Å². The molecule has 2 aromatic carbocycles. The highest BCUT2D eigenvalue weighted by molar-refractivity contribution is 6.36. The highest BCUT2D eigenvalue weighted by atomic mass is 16.5. The van der Waals surface area contributed by atoms with E-state index in [1.807, 2.05) is 0 Å². The van der Waals surface area contributed by atoms with Crippen molar-refractivity contribution >= 4 is 23.2 Å². The highest BCUT2D eigenvalue weighted by Gasteiger charge is 2.43. The van der Waals surface area contributed by atoms with E-state index in [0.717, 1.165) is 0 Å². The average molecular weight is 295 g/mol. The van der Waals surface area contributed by atoms with Gasteiger partial charge in [0.2, 0.25) is 5.91 Å². The van der Waals surface area contributed by atoms with E-state index in [9.17, 15) is 14.4 Å². The van der Waals surface area contributed by atoms with Crippen LogP contribution in [0.1, 0.15) is 20.7 Å². The second kappa shape index (κ2) is 5.44. The SMILES string of the molecule is COc1ccc(NC(=O)C2C(=O)c3ccccc3C2=O)cc1. The van der Waals surface area contributed by atoms with Gasteiger partial charge in [-0.15, -0.1) is 0 Å². The number of benzene rings is 2. The Morgan fingerprint density at radius 2 is 1.50 bits per heavy atom. The zero-order chi connectivity index (χ0) is 15.7. The molecule has 22 heavy (non-hydrogen) atoms. The van der Waals surface area contributed by atoms with Crippen molar-refractivity contribution < 1.29 is 19.1 Å². The summed E-state index contributed by atoms with van der Waals surface area (Å²) < 4.78 is 5.03. The zero-order valence-corrected chi connectivity index (χ0v) is 11.8. The summed E-state index contributed by atoms with van der Waals surface area (Å²) in [5.41, 5.74) is 1.12. The van der Waals surface area contributed by atoms with Gasteiger partial charge >= 0.3 is 0 Å². The van der Waals surface area contributed by atoms with Crippen LogP contribution in [0.3, 0.4) is 0 Å². The predicted molar refractivity (Wildman–Crippen MR) is 80.2 cm³/mol. The van der Waals surface area contributed by atoms with Crippen molar-refractivity contribution in [2.24, 2.45) is 5.92 Å². The highest BCUT2D eigenvalue weighted by Crippen LogP contribution is 2.27. The van der Waals surface area contributed by atoms with Crippen molar-refractivity contribution in [3.05, 3.63) is 59.7 Å². The van der Waals surface area contributed by atoms with Crippen LogP contribution in [0.2, 0.25) is 0 Å². The number of carbonyl (C=O) groups is 3. The van der Waals surface area contributed by atoms with E-state index < -0.39 is 23.4 Å². The van der Waals surface area contributed by atoms with Gasteiger partial charge in [-0.2, -0.15) is 0 Å². The van der Waals surface area contributed by atoms with Gasteiger partial charge in [-0.1, -0.05) is 24.3 Å². The number of ether oxygens (including phenoxy) is 1. The largest absolute Gasteiger partial charge is 0.497 e. The molecule has 0 saturated carbocycles. The Hall–Kier alpha value is -2.95. The van der Waals surface area contributed by atoms with Gasteiger partial charge in [-0.3, -0.25) is 14.4 Å². The third-order valence-electron chi connectivity index (χ3n) is 3.60. The fraction of sp³-hybridized carbons (Fsp3) is 0.118. The molecule has 1 amide bonds. The van der Waals surface area contributed by atoms with Gasteiger partial charge in [0.25, 0.3) is 0 Å². The number of carbonyl (C=O) groups excluding carboxylic acids is 3.